The van der Waals surface area contributed by atoms with Crippen molar-refractivity contribution in [2.45, 2.75) is 38.8 Å². The third kappa shape index (κ3) is 7.66. The van der Waals surface area contributed by atoms with Crippen LogP contribution in [0.25, 0.3) is 0 Å². The minimum absolute atomic E-state index is 0.113. The number of methoxy groups -OCH3 is 1. The molecule has 156 valence electrons. The average Bonchev–Trinajstić information content (AvgIpc) is 2.74. The average molecular weight is 400 g/mol. The first-order valence-electron chi connectivity index (χ1n) is 9.85. The van der Waals surface area contributed by atoms with Crippen LogP contribution in [0.3, 0.4) is 0 Å². The highest BCUT2D eigenvalue weighted by atomic mass is 19.1. The molecule has 0 spiro atoms. The van der Waals surface area contributed by atoms with E-state index in [2.05, 4.69) is 5.32 Å². The summed E-state index contributed by atoms with van der Waals surface area (Å²) in [5.74, 6) is -0.659. The second-order valence-corrected chi connectivity index (χ2v) is 6.95. The number of halogens is 1. The van der Waals surface area contributed by atoms with Crippen molar-refractivity contribution in [2.75, 3.05) is 20.3 Å². The summed E-state index contributed by atoms with van der Waals surface area (Å²) in [6.45, 7) is 3.01. The van der Waals surface area contributed by atoms with E-state index in [1.807, 2.05) is 30.3 Å². The molecule has 0 fully saturated rings. The maximum atomic E-state index is 13.2. The van der Waals surface area contributed by atoms with Gasteiger partial charge in [-0.05, 0) is 43.0 Å². The molecule has 0 bridgehead atoms. The molecule has 0 heterocycles. The van der Waals surface area contributed by atoms with Gasteiger partial charge in [0.05, 0.1) is 0 Å². The van der Waals surface area contributed by atoms with Crippen LogP contribution >= 0.6 is 0 Å². The van der Waals surface area contributed by atoms with Crippen molar-refractivity contribution in [3.05, 3.63) is 71.5 Å². The molecule has 0 aliphatic rings. The van der Waals surface area contributed by atoms with Gasteiger partial charge in [0.1, 0.15) is 11.9 Å². The predicted octanol–water partition coefficient (Wildman–Crippen LogP) is 3.33. The lowest BCUT2D eigenvalue weighted by atomic mass is 10.1. The predicted molar refractivity (Wildman–Crippen MR) is 111 cm³/mol. The molecule has 5 nitrogen and oxygen atoms in total. The minimum Gasteiger partial charge on any atom is -0.385 e. The molecule has 6 heteroatoms. The molecular weight excluding hydrogens is 371 g/mol. The number of nitrogens with zero attached hydrogens (tertiary/aromatic N) is 1. The van der Waals surface area contributed by atoms with Crippen LogP contribution in [0.15, 0.2) is 54.6 Å². The molecule has 2 aromatic rings. The Bertz CT molecular complexity index is 765. The topological polar surface area (TPSA) is 58.6 Å². The van der Waals surface area contributed by atoms with E-state index in [1.165, 1.54) is 12.1 Å². The van der Waals surface area contributed by atoms with Crippen LogP contribution in [0.4, 0.5) is 4.39 Å². The van der Waals surface area contributed by atoms with Crippen molar-refractivity contribution in [3.63, 3.8) is 0 Å². The van der Waals surface area contributed by atoms with Crippen molar-refractivity contribution in [1.82, 2.24) is 10.2 Å². The molecule has 0 saturated carbocycles. The first-order chi connectivity index (χ1) is 14.0. The largest absolute Gasteiger partial charge is 0.385 e. The monoisotopic (exact) mass is 400 g/mol. The molecule has 0 aliphatic carbocycles. The van der Waals surface area contributed by atoms with Crippen LogP contribution in [0.1, 0.15) is 30.9 Å². The van der Waals surface area contributed by atoms with Gasteiger partial charge < -0.3 is 15.0 Å². The fourth-order valence-corrected chi connectivity index (χ4v) is 2.98. The van der Waals surface area contributed by atoms with E-state index in [0.717, 1.165) is 11.1 Å². The second-order valence-electron chi connectivity index (χ2n) is 6.95. The van der Waals surface area contributed by atoms with Gasteiger partial charge in [-0.2, -0.15) is 0 Å². The number of amides is 2. The van der Waals surface area contributed by atoms with Crippen molar-refractivity contribution in [3.8, 4) is 0 Å². The second kappa shape index (κ2) is 12.0. The molecular formula is C23H29FN2O3. The lowest BCUT2D eigenvalue weighted by Crippen LogP contribution is -2.48. The number of benzene rings is 2. The maximum absolute atomic E-state index is 13.2. The Kier molecular flexibility index (Phi) is 9.31. The number of rotatable bonds is 11. The summed E-state index contributed by atoms with van der Waals surface area (Å²) in [6.07, 6.45) is 1.60. The zero-order chi connectivity index (χ0) is 21.1. The molecule has 0 radical (unpaired) electrons. The molecule has 2 aromatic carbocycles. The normalized spacial score (nSPS) is 11.7. The molecule has 0 saturated heterocycles. The van der Waals surface area contributed by atoms with E-state index in [1.54, 1.807) is 31.1 Å². The molecule has 0 aliphatic heterocycles. The molecule has 1 N–H and O–H groups in total. The molecule has 0 aromatic heterocycles. The quantitative estimate of drug-likeness (QED) is 0.589. The van der Waals surface area contributed by atoms with Gasteiger partial charge in [-0.25, -0.2) is 4.39 Å². The summed E-state index contributed by atoms with van der Waals surface area (Å²) in [7, 11) is 1.61. The third-order valence-corrected chi connectivity index (χ3v) is 4.73. The summed E-state index contributed by atoms with van der Waals surface area (Å²) in [5.41, 5.74) is 1.85. The summed E-state index contributed by atoms with van der Waals surface area (Å²) >= 11 is 0. The van der Waals surface area contributed by atoms with Crippen LogP contribution in [0, 0.1) is 5.82 Å². The number of ether oxygens (including phenoxy) is 1. The van der Waals surface area contributed by atoms with Crippen LogP contribution in [0.5, 0.6) is 0 Å². The van der Waals surface area contributed by atoms with Crippen LogP contribution < -0.4 is 5.32 Å². The minimum atomic E-state index is -0.633. The highest BCUT2D eigenvalue weighted by molar-refractivity contribution is 5.87. The van der Waals surface area contributed by atoms with Crippen molar-refractivity contribution in [1.29, 1.82) is 0 Å². The van der Waals surface area contributed by atoms with Gasteiger partial charge in [-0.3, -0.25) is 9.59 Å². The van der Waals surface area contributed by atoms with Gasteiger partial charge in [0.2, 0.25) is 11.8 Å². The summed E-state index contributed by atoms with van der Waals surface area (Å²) in [6, 6.07) is 15.1. The Morgan fingerprint density at radius 2 is 1.76 bits per heavy atom. The number of carbonyl (C=O) groups excluding carboxylic acids is 2. The Hall–Kier alpha value is -2.73. The van der Waals surface area contributed by atoms with Gasteiger partial charge in [0.25, 0.3) is 0 Å². The lowest BCUT2D eigenvalue weighted by Gasteiger charge is -2.29. The molecule has 29 heavy (non-hydrogen) atoms. The SMILES string of the molecule is COCCCNC(=O)[C@@H](C)N(Cc1ccc(F)cc1)C(=O)CCc1ccccc1. The molecule has 2 amide bonds. The van der Waals surface area contributed by atoms with E-state index in [9.17, 15) is 14.0 Å². The Morgan fingerprint density at radius 1 is 1.07 bits per heavy atom. The Morgan fingerprint density at radius 3 is 2.41 bits per heavy atom. The zero-order valence-electron chi connectivity index (χ0n) is 17.1. The number of nitrogens with one attached hydrogen (secondary N) is 1. The van der Waals surface area contributed by atoms with E-state index >= 15 is 0 Å². The zero-order valence-corrected chi connectivity index (χ0v) is 17.1. The molecule has 0 unspecified atom stereocenters. The standard InChI is InChI=1S/C23H29FN2O3/c1-18(23(28)25-15-6-16-29-2)26(17-20-9-12-21(24)13-10-20)22(27)14-11-19-7-4-3-5-8-19/h3-5,7-10,12-13,18H,6,11,14-17H2,1-2H3,(H,25,28)/t18-/m1/s1. The smallest absolute Gasteiger partial charge is 0.242 e. The van der Waals surface area contributed by atoms with Gasteiger partial charge in [0, 0.05) is 33.2 Å². The van der Waals surface area contributed by atoms with Crippen LogP contribution in [-0.2, 0) is 27.3 Å². The summed E-state index contributed by atoms with van der Waals surface area (Å²) in [4.78, 5) is 27.1. The highest BCUT2D eigenvalue weighted by Gasteiger charge is 2.25. The van der Waals surface area contributed by atoms with Crippen molar-refractivity contribution in [2.24, 2.45) is 0 Å². The Labute approximate surface area is 171 Å². The van der Waals surface area contributed by atoms with E-state index in [-0.39, 0.29) is 24.2 Å². The van der Waals surface area contributed by atoms with Gasteiger partial charge in [0.15, 0.2) is 0 Å². The molecule has 1 atom stereocenters. The van der Waals surface area contributed by atoms with Crippen molar-refractivity contribution >= 4 is 11.8 Å². The van der Waals surface area contributed by atoms with Gasteiger partial charge in [-0.15, -0.1) is 0 Å². The van der Waals surface area contributed by atoms with E-state index in [0.29, 0.717) is 32.4 Å². The summed E-state index contributed by atoms with van der Waals surface area (Å²) in [5, 5.41) is 2.85. The lowest BCUT2D eigenvalue weighted by molar-refractivity contribution is -0.140. The number of hydrogen-bond donors (Lipinski definition) is 1. The fraction of sp³-hybridized carbons (Fsp3) is 0.391. The summed E-state index contributed by atoms with van der Waals surface area (Å²) < 4.78 is 18.2. The van der Waals surface area contributed by atoms with E-state index in [4.69, 9.17) is 4.74 Å². The first kappa shape index (κ1) is 22.6. The number of carbonyl (C=O) groups is 2. The Balaban J connectivity index is 2.05. The van der Waals surface area contributed by atoms with E-state index < -0.39 is 6.04 Å². The highest BCUT2D eigenvalue weighted by Crippen LogP contribution is 2.13. The number of aryl methyl sites for hydroxylation is 1. The van der Waals surface area contributed by atoms with Crippen LogP contribution in [0.2, 0.25) is 0 Å². The third-order valence-electron chi connectivity index (χ3n) is 4.73. The van der Waals surface area contributed by atoms with Crippen molar-refractivity contribution < 1.29 is 18.7 Å². The van der Waals surface area contributed by atoms with Gasteiger partial charge in [-0.1, -0.05) is 42.5 Å². The number of hydrogen-bond acceptors (Lipinski definition) is 3. The van der Waals surface area contributed by atoms with Crippen LogP contribution in [-0.4, -0.2) is 43.0 Å². The molecule has 2 rings (SSSR count). The van der Waals surface area contributed by atoms with Gasteiger partial charge >= 0.3 is 0 Å². The first-order valence-corrected chi connectivity index (χ1v) is 9.85. The fourth-order valence-electron chi connectivity index (χ4n) is 2.98. The maximum Gasteiger partial charge on any atom is 0.242 e.